The minimum absolute atomic E-state index is 0.194. The number of benzene rings is 1. The second-order valence-electron chi connectivity index (χ2n) is 5.20. The summed E-state index contributed by atoms with van der Waals surface area (Å²) in [4.78, 5) is 4.38. The molecule has 0 heterocycles. The lowest BCUT2D eigenvalue weighted by Gasteiger charge is -2.15. The molecule has 0 saturated carbocycles. The van der Waals surface area contributed by atoms with E-state index in [4.69, 9.17) is 4.74 Å². The summed E-state index contributed by atoms with van der Waals surface area (Å²) >= 11 is 0. The Hall–Kier alpha value is -1.87. The largest absolute Gasteiger partial charge is 0.489 e. The molecule has 1 aromatic carbocycles. The quantitative estimate of drug-likeness (QED) is 0.342. The van der Waals surface area contributed by atoms with E-state index in [9.17, 15) is 12.8 Å². The molecular formula is C15H25FN4O3S. The van der Waals surface area contributed by atoms with Gasteiger partial charge in [-0.2, -0.15) is 0 Å². The first-order valence-electron chi connectivity index (χ1n) is 7.69. The molecule has 3 N–H and O–H groups in total. The second-order valence-corrected chi connectivity index (χ2v) is 7.03. The maximum Gasteiger partial charge on any atom is 0.208 e. The SMILES string of the molecule is CCNC(=NCC(C)Oc1ccc(F)cc1)NCCNS(C)(=O)=O. The Balaban J connectivity index is 2.44. The normalized spacial score (nSPS) is 13.4. The number of ether oxygens (including phenoxy) is 1. The average molecular weight is 360 g/mol. The number of nitrogens with one attached hydrogen (secondary N) is 3. The Bertz CT molecular complexity index is 620. The highest BCUT2D eigenvalue weighted by molar-refractivity contribution is 7.88. The van der Waals surface area contributed by atoms with Gasteiger partial charge in [-0.1, -0.05) is 0 Å². The Morgan fingerprint density at radius 2 is 1.92 bits per heavy atom. The van der Waals surface area contributed by atoms with Crippen LogP contribution in [0.15, 0.2) is 29.3 Å². The molecule has 0 aromatic heterocycles. The molecule has 0 amide bonds. The van der Waals surface area contributed by atoms with Gasteiger partial charge < -0.3 is 15.4 Å². The predicted octanol–water partition coefficient (Wildman–Crippen LogP) is 0.697. The summed E-state index contributed by atoms with van der Waals surface area (Å²) in [5.41, 5.74) is 0. The number of nitrogens with zero attached hydrogens (tertiary/aromatic N) is 1. The van der Waals surface area contributed by atoms with Crippen molar-refractivity contribution in [3.8, 4) is 5.75 Å². The number of aliphatic imine (C=N–C) groups is 1. The molecule has 9 heteroatoms. The van der Waals surface area contributed by atoms with Crippen LogP contribution in [0.3, 0.4) is 0 Å². The molecule has 0 aliphatic heterocycles. The number of halogens is 1. The molecule has 1 atom stereocenters. The van der Waals surface area contributed by atoms with Crippen molar-refractivity contribution in [1.82, 2.24) is 15.4 Å². The van der Waals surface area contributed by atoms with E-state index in [1.54, 1.807) is 12.1 Å². The molecule has 7 nitrogen and oxygen atoms in total. The van der Waals surface area contributed by atoms with E-state index in [2.05, 4.69) is 20.3 Å². The van der Waals surface area contributed by atoms with Crippen LogP contribution in [0.25, 0.3) is 0 Å². The highest BCUT2D eigenvalue weighted by atomic mass is 32.2. The Kier molecular flexibility index (Phi) is 8.48. The summed E-state index contributed by atoms with van der Waals surface area (Å²) in [6.07, 6.45) is 0.917. The summed E-state index contributed by atoms with van der Waals surface area (Å²) < 4.78 is 42.9. The third kappa shape index (κ3) is 9.31. The summed E-state index contributed by atoms with van der Waals surface area (Å²) in [5, 5.41) is 6.09. The highest BCUT2D eigenvalue weighted by Gasteiger charge is 2.05. The lowest BCUT2D eigenvalue weighted by atomic mass is 10.3. The monoisotopic (exact) mass is 360 g/mol. The molecule has 136 valence electrons. The van der Waals surface area contributed by atoms with Crippen LogP contribution in [-0.4, -0.2) is 52.9 Å². The second kappa shape index (κ2) is 10.1. The molecule has 0 bridgehead atoms. The van der Waals surface area contributed by atoms with Gasteiger partial charge in [-0.15, -0.1) is 0 Å². The average Bonchev–Trinajstić information content (AvgIpc) is 2.50. The standard InChI is InChI=1S/C15H25FN4O3S/c1-4-17-15(18-9-10-20-24(3,21)22)19-11-12(2)23-14-7-5-13(16)6-8-14/h5-8,12,20H,4,9-11H2,1-3H3,(H2,17,18,19). The van der Waals surface area contributed by atoms with Crippen LogP contribution in [0.5, 0.6) is 5.75 Å². The fourth-order valence-electron chi connectivity index (χ4n) is 1.76. The summed E-state index contributed by atoms with van der Waals surface area (Å²) in [6.45, 7) is 5.55. The van der Waals surface area contributed by atoms with E-state index in [0.29, 0.717) is 31.3 Å². The number of sulfonamides is 1. The van der Waals surface area contributed by atoms with E-state index < -0.39 is 10.0 Å². The molecule has 1 rings (SSSR count). The van der Waals surface area contributed by atoms with Gasteiger partial charge in [0.25, 0.3) is 0 Å². The van der Waals surface area contributed by atoms with Crippen molar-refractivity contribution in [2.45, 2.75) is 20.0 Å². The van der Waals surface area contributed by atoms with Gasteiger partial charge in [-0.05, 0) is 38.1 Å². The Morgan fingerprint density at radius 1 is 1.25 bits per heavy atom. The van der Waals surface area contributed by atoms with Gasteiger partial charge in [0.2, 0.25) is 10.0 Å². The van der Waals surface area contributed by atoms with Crippen molar-refractivity contribution in [2.24, 2.45) is 4.99 Å². The van der Waals surface area contributed by atoms with E-state index >= 15 is 0 Å². The molecule has 0 saturated heterocycles. The zero-order valence-corrected chi connectivity index (χ0v) is 15.0. The van der Waals surface area contributed by atoms with Gasteiger partial charge in [0.05, 0.1) is 12.8 Å². The first-order valence-corrected chi connectivity index (χ1v) is 9.58. The fraction of sp³-hybridized carbons (Fsp3) is 0.533. The van der Waals surface area contributed by atoms with Crippen LogP contribution >= 0.6 is 0 Å². The summed E-state index contributed by atoms with van der Waals surface area (Å²) in [5.74, 6) is 0.839. The first-order chi connectivity index (χ1) is 11.3. The van der Waals surface area contributed by atoms with E-state index in [0.717, 1.165) is 6.26 Å². The maximum absolute atomic E-state index is 12.8. The van der Waals surface area contributed by atoms with Crippen molar-refractivity contribution in [1.29, 1.82) is 0 Å². The van der Waals surface area contributed by atoms with Gasteiger partial charge in [0.15, 0.2) is 5.96 Å². The highest BCUT2D eigenvalue weighted by Crippen LogP contribution is 2.12. The fourth-order valence-corrected chi connectivity index (χ4v) is 2.23. The number of guanidine groups is 1. The molecular weight excluding hydrogens is 335 g/mol. The molecule has 0 fully saturated rings. The van der Waals surface area contributed by atoms with Crippen LogP contribution in [-0.2, 0) is 10.0 Å². The van der Waals surface area contributed by atoms with Crippen LogP contribution in [0.2, 0.25) is 0 Å². The van der Waals surface area contributed by atoms with Crippen molar-refractivity contribution < 1.29 is 17.5 Å². The smallest absolute Gasteiger partial charge is 0.208 e. The van der Waals surface area contributed by atoms with E-state index in [-0.39, 0.29) is 18.5 Å². The first kappa shape index (κ1) is 20.2. The minimum Gasteiger partial charge on any atom is -0.489 e. The molecule has 1 aromatic rings. The number of rotatable bonds is 9. The molecule has 24 heavy (non-hydrogen) atoms. The number of hydrogen-bond donors (Lipinski definition) is 3. The van der Waals surface area contributed by atoms with Crippen molar-refractivity contribution >= 4 is 16.0 Å². The summed E-state index contributed by atoms with van der Waals surface area (Å²) in [6, 6.07) is 5.81. The van der Waals surface area contributed by atoms with Gasteiger partial charge in [-0.25, -0.2) is 22.5 Å². The Labute approximate surface area is 142 Å². The molecule has 1 unspecified atom stereocenters. The molecule has 0 aliphatic rings. The van der Waals surface area contributed by atoms with Gasteiger partial charge in [0, 0.05) is 19.6 Å². The third-order valence-electron chi connectivity index (χ3n) is 2.78. The van der Waals surface area contributed by atoms with Gasteiger partial charge >= 0.3 is 0 Å². The Morgan fingerprint density at radius 3 is 2.50 bits per heavy atom. The van der Waals surface area contributed by atoms with Crippen LogP contribution < -0.4 is 20.1 Å². The van der Waals surface area contributed by atoms with E-state index in [1.807, 2.05) is 13.8 Å². The maximum atomic E-state index is 12.8. The van der Waals surface area contributed by atoms with E-state index in [1.165, 1.54) is 12.1 Å². The van der Waals surface area contributed by atoms with Crippen molar-refractivity contribution in [3.63, 3.8) is 0 Å². The van der Waals surface area contributed by atoms with Gasteiger partial charge in [0.1, 0.15) is 17.7 Å². The summed E-state index contributed by atoms with van der Waals surface area (Å²) in [7, 11) is -3.19. The third-order valence-corrected chi connectivity index (χ3v) is 3.51. The molecule has 0 spiro atoms. The zero-order valence-electron chi connectivity index (χ0n) is 14.2. The topological polar surface area (TPSA) is 91.8 Å². The van der Waals surface area contributed by atoms with Crippen molar-refractivity contribution in [2.75, 3.05) is 32.4 Å². The number of hydrogen-bond acceptors (Lipinski definition) is 4. The van der Waals surface area contributed by atoms with Crippen LogP contribution in [0, 0.1) is 5.82 Å². The van der Waals surface area contributed by atoms with Crippen LogP contribution in [0.4, 0.5) is 4.39 Å². The molecule has 0 aliphatic carbocycles. The zero-order chi connectivity index (χ0) is 18.0. The lowest BCUT2D eigenvalue weighted by molar-refractivity contribution is 0.230. The van der Waals surface area contributed by atoms with Crippen molar-refractivity contribution in [3.05, 3.63) is 30.1 Å². The van der Waals surface area contributed by atoms with Gasteiger partial charge in [-0.3, -0.25) is 0 Å². The van der Waals surface area contributed by atoms with Crippen LogP contribution in [0.1, 0.15) is 13.8 Å². The minimum atomic E-state index is -3.19. The predicted molar refractivity (Wildman–Crippen MR) is 93.3 cm³/mol. The lowest BCUT2D eigenvalue weighted by Crippen LogP contribution is -2.41. The molecule has 0 radical (unpaired) electrons.